The Morgan fingerprint density at radius 2 is 1.50 bits per heavy atom. The molecule has 0 aliphatic heterocycles. The van der Waals surface area contributed by atoms with E-state index in [2.05, 4.69) is 37.8 Å². The molecule has 3 rings (SSSR count). The van der Waals surface area contributed by atoms with Gasteiger partial charge in [-0.1, -0.05) is 63.2 Å². The second-order valence-corrected chi connectivity index (χ2v) is 11.2. The second kappa shape index (κ2) is 14.9. The van der Waals surface area contributed by atoms with Crippen LogP contribution in [0.4, 0.5) is 0 Å². The molecule has 1 aromatic rings. The Hall–Kier alpha value is -1.32. The molecule has 2 fully saturated rings. The smallest absolute Gasteiger partial charge is 0.119 e. The molecule has 192 valence electrons. The monoisotopic (exact) mass is 470 g/mol. The molecule has 3 nitrogen and oxygen atoms in total. The van der Waals surface area contributed by atoms with Gasteiger partial charge in [0.2, 0.25) is 0 Å². The van der Waals surface area contributed by atoms with Crippen molar-refractivity contribution in [1.82, 2.24) is 0 Å². The van der Waals surface area contributed by atoms with E-state index in [0.29, 0.717) is 19.6 Å². The molecule has 0 radical (unpaired) electrons. The van der Waals surface area contributed by atoms with Gasteiger partial charge in [-0.3, -0.25) is 0 Å². The molecule has 0 aromatic heterocycles. The Balaban J connectivity index is 1.28. The lowest BCUT2D eigenvalue weighted by atomic mass is 9.68. The maximum atomic E-state index is 9.36. The fraction of sp³-hybridized carbons (Fsp3) is 0.742. The van der Waals surface area contributed by atoms with Gasteiger partial charge in [0.15, 0.2) is 0 Å². The van der Waals surface area contributed by atoms with Gasteiger partial charge in [-0.2, -0.15) is 0 Å². The maximum absolute atomic E-state index is 9.36. The highest BCUT2D eigenvalue weighted by Crippen LogP contribution is 2.43. The summed E-state index contributed by atoms with van der Waals surface area (Å²) in [4.78, 5) is 0. The summed E-state index contributed by atoms with van der Waals surface area (Å²) < 4.78 is 11.5. The number of rotatable bonds is 14. The number of ether oxygens (including phenoxy) is 2. The van der Waals surface area contributed by atoms with E-state index in [9.17, 15) is 5.11 Å². The summed E-state index contributed by atoms with van der Waals surface area (Å²) in [5, 5.41) is 9.36. The molecule has 0 spiro atoms. The highest BCUT2D eigenvalue weighted by atomic mass is 16.5. The van der Waals surface area contributed by atoms with Gasteiger partial charge in [-0.05, 0) is 93.2 Å². The third kappa shape index (κ3) is 9.38. The van der Waals surface area contributed by atoms with E-state index < -0.39 is 0 Å². The average Bonchev–Trinajstić information content (AvgIpc) is 2.86. The first-order chi connectivity index (χ1) is 16.6. The lowest BCUT2D eigenvalue weighted by molar-refractivity contribution is 0.000821. The minimum Gasteiger partial charge on any atom is -0.491 e. The lowest BCUT2D eigenvalue weighted by Crippen LogP contribution is -2.26. The standard InChI is InChI=1S/C31H50O3/c1-4-5-25-8-14-28(15-9-25)29-16-10-26(11-17-29)6-7-27-12-18-30(19-13-27)33-20-21-34-31(23-32)22-24(2)3/h12-13,18-19,25-26,28-29,31-32H,2,4-11,14-17,20-23H2,1,3H3. The quantitative estimate of drug-likeness (QED) is 0.223. The molecule has 2 aliphatic rings. The van der Waals surface area contributed by atoms with Crippen molar-refractivity contribution in [3.63, 3.8) is 0 Å². The Kier molecular flexibility index (Phi) is 12.0. The highest BCUT2D eigenvalue weighted by molar-refractivity contribution is 5.27. The molecule has 0 heterocycles. The van der Waals surface area contributed by atoms with Crippen LogP contribution in [0, 0.1) is 23.7 Å². The van der Waals surface area contributed by atoms with Crippen molar-refractivity contribution in [1.29, 1.82) is 0 Å². The Labute approximate surface area is 209 Å². The summed E-state index contributed by atoms with van der Waals surface area (Å²) in [5.41, 5.74) is 2.44. The fourth-order valence-corrected chi connectivity index (χ4v) is 6.37. The molecule has 3 heteroatoms. The van der Waals surface area contributed by atoms with Crippen LogP contribution in [-0.4, -0.2) is 31.0 Å². The molecule has 2 saturated carbocycles. The van der Waals surface area contributed by atoms with Gasteiger partial charge in [0, 0.05) is 0 Å². The topological polar surface area (TPSA) is 38.7 Å². The van der Waals surface area contributed by atoms with Gasteiger partial charge >= 0.3 is 0 Å². The summed E-state index contributed by atoms with van der Waals surface area (Å²) in [7, 11) is 0. The first-order valence-electron chi connectivity index (χ1n) is 14.2. The molecule has 1 unspecified atom stereocenters. The van der Waals surface area contributed by atoms with E-state index in [1.165, 1.54) is 82.6 Å². The fourth-order valence-electron chi connectivity index (χ4n) is 6.37. The second-order valence-electron chi connectivity index (χ2n) is 11.2. The number of hydrogen-bond donors (Lipinski definition) is 1. The molecule has 1 aromatic carbocycles. The minimum atomic E-state index is -0.181. The van der Waals surface area contributed by atoms with Crippen molar-refractivity contribution in [3.8, 4) is 5.75 Å². The van der Waals surface area contributed by atoms with Crippen molar-refractivity contribution in [2.24, 2.45) is 23.7 Å². The van der Waals surface area contributed by atoms with Gasteiger partial charge in [0.05, 0.1) is 19.3 Å². The van der Waals surface area contributed by atoms with Crippen LogP contribution in [0.25, 0.3) is 0 Å². The van der Waals surface area contributed by atoms with Crippen LogP contribution in [0.1, 0.15) is 96.5 Å². The zero-order chi connectivity index (χ0) is 24.2. The number of aryl methyl sites for hydroxylation is 1. The van der Waals surface area contributed by atoms with Crippen molar-refractivity contribution >= 4 is 0 Å². The van der Waals surface area contributed by atoms with Crippen LogP contribution in [0.5, 0.6) is 5.75 Å². The third-order valence-corrected chi connectivity index (χ3v) is 8.40. The van der Waals surface area contributed by atoms with Crippen molar-refractivity contribution < 1.29 is 14.6 Å². The van der Waals surface area contributed by atoms with Crippen LogP contribution in [-0.2, 0) is 11.2 Å². The summed E-state index contributed by atoms with van der Waals surface area (Å²) in [5.74, 6) is 4.90. The largest absolute Gasteiger partial charge is 0.491 e. The third-order valence-electron chi connectivity index (χ3n) is 8.40. The van der Waals surface area contributed by atoms with Crippen LogP contribution >= 0.6 is 0 Å². The van der Waals surface area contributed by atoms with E-state index in [1.807, 2.05) is 6.92 Å². The van der Waals surface area contributed by atoms with E-state index in [4.69, 9.17) is 9.47 Å². The van der Waals surface area contributed by atoms with Crippen LogP contribution < -0.4 is 4.74 Å². The van der Waals surface area contributed by atoms with Crippen LogP contribution in [0.15, 0.2) is 36.4 Å². The van der Waals surface area contributed by atoms with Gasteiger partial charge in [0.1, 0.15) is 12.4 Å². The molecular formula is C31H50O3. The molecule has 34 heavy (non-hydrogen) atoms. The number of hydrogen-bond acceptors (Lipinski definition) is 3. The molecule has 0 saturated heterocycles. The molecule has 1 N–H and O–H groups in total. The number of benzene rings is 1. The van der Waals surface area contributed by atoms with Gasteiger partial charge in [-0.15, -0.1) is 6.58 Å². The van der Waals surface area contributed by atoms with Crippen LogP contribution in [0.2, 0.25) is 0 Å². The summed E-state index contributed by atoms with van der Waals surface area (Å²) in [6, 6.07) is 8.60. The SMILES string of the molecule is C=C(C)CC(CO)OCCOc1ccc(CCC2CCC(C3CCC(CCC)CC3)CC2)cc1. The molecule has 2 aliphatic carbocycles. The zero-order valence-electron chi connectivity index (χ0n) is 22.0. The lowest BCUT2D eigenvalue weighted by Gasteiger charge is -2.38. The van der Waals surface area contributed by atoms with Crippen molar-refractivity contribution in [2.45, 2.75) is 103 Å². The van der Waals surface area contributed by atoms with E-state index >= 15 is 0 Å². The summed E-state index contributed by atoms with van der Waals surface area (Å²) in [6.07, 6.45) is 17.7. The minimum absolute atomic E-state index is 0.0171. The number of aliphatic hydroxyl groups excluding tert-OH is 1. The van der Waals surface area contributed by atoms with Crippen LogP contribution in [0.3, 0.4) is 0 Å². The van der Waals surface area contributed by atoms with Crippen molar-refractivity contribution in [3.05, 3.63) is 42.0 Å². The molecule has 1 atom stereocenters. The Morgan fingerprint density at radius 3 is 2.03 bits per heavy atom. The Morgan fingerprint density at radius 1 is 0.912 bits per heavy atom. The maximum Gasteiger partial charge on any atom is 0.119 e. The summed E-state index contributed by atoms with van der Waals surface area (Å²) in [6.45, 7) is 9.16. The average molecular weight is 471 g/mol. The van der Waals surface area contributed by atoms with Gasteiger partial charge in [-0.25, -0.2) is 0 Å². The summed E-state index contributed by atoms with van der Waals surface area (Å²) >= 11 is 0. The predicted octanol–water partition coefficient (Wildman–Crippen LogP) is 7.75. The first-order valence-corrected chi connectivity index (χ1v) is 14.2. The van der Waals surface area contributed by atoms with E-state index in [1.54, 1.807) is 0 Å². The Bertz CT molecular complexity index is 681. The van der Waals surface area contributed by atoms with Crippen molar-refractivity contribution in [2.75, 3.05) is 19.8 Å². The highest BCUT2D eigenvalue weighted by Gasteiger charge is 2.30. The number of aliphatic hydroxyl groups is 1. The first kappa shape index (κ1) is 27.3. The molecular weight excluding hydrogens is 420 g/mol. The van der Waals surface area contributed by atoms with E-state index in [0.717, 1.165) is 35.0 Å². The van der Waals surface area contributed by atoms with Gasteiger partial charge < -0.3 is 14.6 Å². The molecule has 0 bridgehead atoms. The molecule has 0 amide bonds. The normalized spacial score (nSPS) is 26.2. The predicted molar refractivity (Wildman–Crippen MR) is 142 cm³/mol. The van der Waals surface area contributed by atoms with E-state index in [-0.39, 0.29) is 12.7 Å². The zero-order valence-corrected chi connectivity index (χ0v) is 22.0. The van der Waals surface area contributed by atoms with Gasteiger partial charge in [0.25, 0.3) is 0 Å².